The number of carbonyl (C=O) groups excluding carboxylic acids is 1. The minimum atomic E-state index is 0.199. The lowest BCUT2D eigenvalue weighted by atomic mass is 10.1. The summed E-state index contributed by atoms with van der Waals surface area (Å²) < 4.78 is 1.19. The van der Waals surface area contributed by atoms with E-state index in [4.69, 9.17) is 0 Å². The van der Waals surface area contributed by atoms with Gasteiger partial charge in [0, 0.05) is 15.2 Å². The average Bonchev–Trinajstić information content (AvgIpc) is 3.00. The van der Waals surface area contributed by atoms with Crippen LogP contribution in [0.5, 0.6) is 0 Å². The van der Waals surface area contributed by atoms with E-state index in [0.29, 0.717) is 11.8 Å². The Kier molecular flexibility index (Phi) is 4.65. The molecule has 0 unspecified atom stereocenters. The third-order valence-corrected chi connectivity index (χ3v) is 4.59. The number of nitrogens with one attached hydrogen (secondary N) is 1. The number of anilines is 1. The highest BCUT2D eigenvalue weighted by molar-refractivity contribution is 14.1. The number of hydrogen-bond acceptors (Lipinski definition) is 1. The number of unbranched alkanes of at least 4 members (excludes halogenated alkanes) is 1. The van der Waals surface area contributed by atoms with E-state index in [2.05, 4.69) is 41.8 Å². The van der Waals surface area contributed by atoms with Gasteiger partial charge in [0.15, 0.2) is 0 Å². The second-order valence-corrected chi connectivity index (χ2v) is 6.43. The van der Waals surface area contributed by atoms with Crippen molar-refractivity contribution in [3.05, 3.63) is 27.8 Å². The molecule has 0 spiro atoms. The van der Waals surface area contributed by atoms with E-state index in [1.54, 1.807) is 0 Å². The van der Waals surface area contributed by atoms with Gasteiger partial charge in [0.05, 0.1) is 0 Å². The Morgan fingerprint density at radius 3 is 2.61 bits per heavy atom. The fraction of sp³-hybridized carbons (Fsp3) is 0.533. The zero-order chi connectivity index (χ0) is 13.1. The zero-order valence-electron chi connectivity index (χ0n) is 10.9. The third kappa shape index (κ3) is 3.25. The van der Waals surface area contributed by atoms with Crippen molar-refractivity contribution in [3.8, 4) is 0 Å². The van der Waals surface area contributed by atoms with Gasteiger partial charge in [-0.05, 0) is 65.1 Å². The fourth-order valence-corrected chi connectivity index (χ4v) is 2.98. The lowest BCUT2D eigenvalue weighted by Crippen LogP contribution is -2.15. The molecule has 2 nitrogen and oxygen atoms in total. The topological polar surface area (TPSA) is 29.1 Å². The van der Waals surface area contributed by atoms with E-state index in [9.17, 15) is 4.79 Å². The standard InChI is InChI=1S/C15H20INO/c1-3-4-5-13-10(2)14(13)15(18)17-12-8-6-11(16)7-9-12/h6-10,13-14H,3-5H2,1-2H3,(H,17,18)/t10-,13-,14-/m1/s1. The van der Waals surface area contributed by atoms with Crippen molar-refractivity contribution in [2.45, 2.75) is 33.1 Å². The molecule has 0 radical (unpaired) electrons. The Balaban J connectivity index is 1.87. The summed E-state index contributed by atoms with van der Waals surface area (Å²) in [7, 11) is 0. The monoisotopic (exact) mass is 357 g/mol. The molecule has 1 N–H and O–H groups in total. The van der Waals surface area contributed by atoms with Crippen LogP contribution >= 0.6 is 22.6 Å². The minimum absolute atomic E-state index is 0.199. The maximum atomic E-state index is 12.1. The number of amides is 1. The number of halogens is 1. The first-order valence-corrected chi connectivity index (χ1v) is 7.77. The molecule has 2 rings (SSSR count). The normalized spacial score (nSPS) is 25.8. The van der Waals surface area contributed by atoms with E-state index in [0.717, 1.165) is 5.69 Å². The van der Waals surface area contributed by atoms with Gasteiger partial charge in [0.25, 0.3) is 0 Å². The molecule has 1 fully saturated rings. The molecule has 18 heavy (non-hydrogen) atoms. The Hall–Kier alpha value is -0.580. The molecule has 1 aromatic carbocycles. The van der Waals surface area contributed by atoms with Crippen LogP contribution in [0.2, 0.25) is 0 Å². The highest BCUT2D eigenvalue weighted by Crippen LogP contribution is 2.49. The fourth-order valence-electron chi connectivity index (χ4n) is 2.62. The molecule has 1 aromatic rings. The van der Waals surface area contributed by atoms with Crippen LogP contribution in [0, 0.1) is 21.3 Å². The van der Waals surface area contributed by atoms with Gasteiger partial charge in [-0.2, -0.15) is 0 Å². The summed E-state index contributed by atoms with van der Waals surface area (Å²) in [6.07, 6.45) is 3.65. The summed E-state index contributed by atoms with van der Waals surface area (Å²) in [6, 6.07) is 7.96. The second kappa shape index (κ2) is 6.04. The van der Waals surface area contributed by atoms with Crippen molar-refractivity contribution >= 4 is 34.2 Å². The summed E-state index contributed by atoms with van der Waals surface area (Å²) in [5.41, 5.74) is 0.911. The molecule has 0 saturated heterocycles. The van der Waals surface area contributed by atoms with Crippen molar-refractivity contribution in [3.63, 3.8) is 0 Å². The van der Waals surface area contributed by atoms with Crippen LogP contribution in [0.3, 0.4) is 0 Å². The van der Waals surface area contributed by atoms with Crippen LogP contribution in [-0.2, 0) is 4.79 Å². The van der Waals surface area contributed by atoms with Crippen LogP contribution < -0.4 is 5.32 Å². The van der Waals surface area contributed by atoms with Crippen LogP contribution in [-0.4, -0.2) is 5.91 Å². The zero-order valence-corrected chi connectivity index (χ0v) is 13.1. The summed E-state index contributed by atoms with van der Waals surface area (Å²) in [5.74, 6) is 1.59. The second-order valence-electron chi connectivity index (χ2n) is 5.19. The molecule has 0 aliphatic heterocycles. The van der Waals surface area contributed by atoms with Crippen molar-refractivity contribution in [2.24, 2.45) is 17.8 Å². The Bertz CT molecular complexity index is 415. The van der Waals surface area contributed by atoms with E-state index in [-0.39, 0.29) is 11.8 Å². The molecule has 1 amide bonds. The molecule has 3 atom stereocenters. The van der Waals surface area contributed by atoms with Crippen LogP contribution in [0.15, 0.2) is 24.3 Å². The first-order valence-electron chi connectivity index (χ1n) is 6.70. The third-order valence-electron chi connectivity index (χ3n) is 3.87. The highest BCUT2D eigenvalue weighted by Gasteiger charge is 2.50. The first kappa shape index (κ1) is 13.8. The van der Waals surface area contributed by atoms with Gasteiger partial charge in [-0.3, -0.25) is 4.79 Å². The van der Waals surface area contributed by atoms with Gasteiger partial charge in [-0.15, -0.1) is 0 Å². The summed E-state index contributed by atoms with van der Waals surface area (Å²) >= 11 is 2.26. The lowest BCUT2D eigenvalue weighted by molar-refractivity contribution is -0.117. The highest BCUT2D eigenvalue weighted by atomic mass is 127. The SMILES string of the molecule is CCCC[C@@H]1[C@@H](C)[C@H]1C(=O)Nc1ccc(I)cc1. The van der Waals surface area contributed by atoms with Crippen molar-refractivity contribution in [1.82, 2.24) is 0 Å². The molecule has 1 aliphatic carbocycles. The lowest BCUT2D eigenvalue weighted by Gasteiger charge is -2.05. The number of rotatable bonds is 5. The average molecular weight is 357 g/mol. The number of carbonyl (C=O) groups is 1. The van der Waals surface area contributed by atoms with Crippen LogP contribution in [0.1, 0.15) is 33.1 Å². The van der Waals surface area contributed by atoms with Gasteiger partial charge in [-0.25, -0.2) is 0 Å². The molecule has 0 aromatic heterocycles. The van der Waals surface area contributed by atoms with Gasteiger partial charge < -0.3 is 5.32 Å². The van der Waals surface area contributed by atoms with Gasteiger partial charge in [-0.1, -0.05) is 26.7 Å². The van der Waals surface area contributed by atoms with Crippen LogP contribution in [0.25, 0.3) is 0 Å². The number of benzene rings is 1. The van der Waals surface area contributed by atoms with E-state index < -0.39 is 0 Å². The smallest absolute Gasteiger partial charge is 0.228 e. The Morgan fingerprint density at radius 2 is 2.00 bits per heavy atom. The quantitative estimate of drug-likeness (QED) is 0.782. The molecule has 1 saturated carbocycles. The van der Waals surface area contributed by atoms with Crippen LogP contribution in [0.4, 0.5) is 5.69 Å². The maximum Gasteiger partial charge on any atom is 0.228 e. The van der Waals surface area contributed by atoms with E-state index in [1.165, 1.54) is 22.8 Å². The van der Waals surface area contributed by atoms with Crippen molar-refractivity contribution in [2.75, 3.05) is 5.32 Å². The summed E-state index contributed by atoms with van der Waals surface area (Å²) in [6.45, 7) is 4.40. The molecule has 1 aliphatic rings. The predicted octanol–water partition coefficient (Wildman–Crippen LogP) is 4.30. The van der Waals surface area contributed by atoms with E-state index in [1.807, 2.05) is 24.3 Å². The van der Waals surface area contributed by atoms with Gasteiger partial charge >= 0.3 is 0 Å². The molecular formula is C15H20INO. The first-order chi connectivity index (χ1) is 8.63. The molecule has 98 valence electrons. The van der Waals surface area contributed by atoms with Crippen molar-refractivity contribution in [1.29, 1.82) is 0 Å². The largest absolute Gasteiger partial charge is 0.326 e. The molecule has 0 bridgehead atoms. The molecule has 3 heteroatoms. The molecular weight excluding hydrogens is 337 g/mol. The number of hydrogen-bond donors (Lipinski definition) is 1. The maximum absolute atomic E-state index is 12.1. The van der Waals surface area contributed by atoms with Crippen molar-refractivity contribution < 1.29 is 4.79 Å². The molecule has 0 heterocycles. The predicted molar refractivity (Wildman–Crippen MR) is 83.5 cm³/mol. The minimum Gasteiger partial charge on any atom is -0.326 e. The summed E-state index contributed by atoms with van der Waals surface area (Å²) in [4.78, 5) is 12.1. The summed E-state index contributed by atoms with van der Waals surface area (Å²) in [5, 5.41) is 3.03. The Labute approximate surface area is 123 Å². The van der Waals surface area contributed by atoms with Gasteiger partial charge in [0.1, 0.15) is 0 Å². The van der Waals surface area contributed by atoms with E-state index >= 15 is 0 Å². The van der Waals surface area contributed by atoms with Gasteiger partial charge in [0.2, 0.25) is 5.91 Å². The Morgan fingerprint density at radius 1 is 1.33 bits per heavy atom.